The van der Waals surface area contributed by atoms with E-state index in [9.17, 15) is 4.39 Å². The molecule has 18 heavy (non-hydrogen) atoms. The first-order valence-corrected chi connectivity index (χ1v) is 6.53. The maximum atomic E-state index is 13.1. The number of hydrogen-bond acceptors (Lipinski definition) is 0. The molecular formula is C14H10Cl3F. The van der Waals surface area contributed by atoms with Gasteiger partial charge in [-0.3, -0.25) is 0 Å². The lowest BCUT2D eigenvalue weighted by atomic mass is 10.00. The lowest BCUT2D eigenvalue weighted by molar-refractivity contribution is 0.625. The first-order chi connectivity index (χ1) is 8.49. The van der Waals surface area contributed by atoms with Crippen molar-refractivity contribution in [1.82, 2.24) is 0 Å². The molecule has 4 heteroatoms. The van der Waals surface area contributed by atoms with Crippen LogP contribution >= 0.6 is 34.8 Å². The Bertz CT molecular complexity index is 530. The molecule has 2 rings (SSSR count). The number of rotatable bonds is 2. The minimum atomic E-state index is -0.421. The summed E-state index contributed by atoms with van der Waals surface area (Å²) < 4.78 is 13.1. The summed E-state index contributed by atoms with van der Waals surface area (Å²) >= 11 is 18.4. The Morgan fingerprint density at radius 2 is 1.67 bits per heavy atom. The van der Waals surface area contributed by atoms with Gasteiger partial charge in [0.25, 0.3) is 0 Å². The molecule has 1 atom stereocenters. The van der Waals surface area contributed by atoms with Crippen LogP contribution in [0.5, 0.6) is 0 Å². The third-order valence-corrected chi connectivity index (χ3v) is 3.77. The van der Waals surface area contributed by atoms with Gasteiger partial charge in [-0.05, 0) is 47.9 Å². The molecule has 0 aliphatic rings. The molecule has 0 aliphatic carbocycles. The zero-order valence-electron chi connectivity index (χ0n) is 9.55. The van der Waals surface area contributed by atoms with E-state index in [0.717, 1.165) is 16.7 Å². The van der Waals surface area contributed by atoms with Crippen LogP contribution in [0.25, 0.3) is 0 Å². The monoisotopic (exact) mass is 302 g/mol. The number of hydrogen-bond donors (Lipinski definition) is 0. The lowest BCUT2D eigenvalue weighted by Gasteiger charge is -2.15. The zero-order chi connectivity index (χ0) is 13.3. The Morgan fingerprint density at radius 3 is 2.28 bits per heavy atom. The highest BCUT2D eigenvalue weighted by molar-refractivity contribution is 6.36. The molecule has 0 heterocycles. The highest BCUT2D eigenvalue weighted by atomic mass is 35.5. The lowest BCUT2D eigenvalue weighted by Crippen LogP contribution is -1.98. The Hall–Kier alpha value is -0.760. The number of halogens is 4. The average Bonchev–Trinajstić information content (AvgIpc) is 2.28. The minimum absolute atomic E-state index is 0.276. The van der Waals surface area contributed by atoms with Crippen molar-refractivity contribution in [2.75, 3.05) is 0 Å². The van der Waals surface area contributed by atoms with Crippen molar-refractivity contribution in [3.63, 3.8) is 0 Å². The van der Waals surface area contributed by atoms with Gasteiger partial charge in [0.15, 0.2) is 0 Å². The maximum Gasteiger partial charge on any atom is 0.123 e. The SMILES string of the molecule is Cc1cc(F)ccc1C(Cl)c1ccc(Cl)cc1Cl. The van der Waals surface area contributed by atoms with E-state index in [-0.39, 0.29) is 5.82 Å². The van der Waals surface area contributed by atoms with Crippen LogP contribution in [0, 0.1) is 12.7 Å². The second-order valence-electron chi connectivity index (χ2n) is 4.03. The summed E-state index contributed by atoms with van der Waals surface area (Å²) in [7, 11) is 0. The molecule has 0 nitrogen and oxygen atoms in total. The van der Waals surface area contributed by atoms with E-state index < -0.39 is 5.38 Å². The van der Waals surface area contributed by atoms with Crippen molar-refractivity contribution >= 4 is 34.8 Å². The summed E-state index contributed by atoms with van der Waals surface area (Å²) in [4.78, 5) is 0. The van der Waals surface area contributed by atoms with Crippen LogP contribution in [0.4, 0.5) is 4.39 Å². The van der Waals surface area contributed by atoms with Gasteiger partial charge in [0.2, 0.25) is 0 Å². The predicted octanol–water partition coefficient (Wildman–Crippen LogP) is 5.77. The Balaban J connectivity index is 2.44. The van der Waals surface area contributed by atoms with Gasteiger partial charge in [0.1, 0.15) is 5.82 Å². The minimum Gasteiger partial charge on any atom is -0.207 e. The molecule has 1 unspecified atom stereocenters. The fourth-order valence-corrected chi connectivity index (χ4v) is 2.81. The summed E-state index contributed by atoms with van der Waals surface area (Å²) in [5.41, 5.74) is 2.39. The summed E-state index contributed by atoms with van der Waals surface area (Å²) in [5.74, 6) is -0.276. The molecule has 0 aliphatic heterocycles. The summed E-state index contributed by atoms with van der Waals surface area (Å²) in [6, 6.07) is 9.68. The quantitative estimate of drug-likeness (QED) is 0.618. The van der Waals surface area contributed by atoms with Gasteiger partial charge in [-0.15, -0.1) is 11.6 Å². The predicted molar refractivity (Wildman–Crippen MR) is 75.3 cm³/mol. The van der Waals surface area contributed by atoms with Crippen LogP contribution in [-0.4, -0.2) is 0 Å². The molecule has 2 aromatic carbocycles. The van der Waals surface area contributed by atoms with Gasteiger partial charge in [-0.25, -0.2) is 4.39 Å². The van der Waals surface area contributed by atoms with Crippen LogP contribution in [0.2, 0.25) is 10.0 Å². The van der Waals surface area contributed by atoms with E-state index in [2.05, 4.69) is 0 Å². The summed E-state index contributed by atoms with van der Waals surface area (Å²) in [5, 5.41) is 0.644. The van der Waals surface area contributed by atoms with E-state index in [4.69, 9.17) is 34.8 Å². The first kappa shape index (κ1) is 13.7. The largest absolute Gasteiger partial charge is 0.207 e. The molecule has 0 amide bonds. The van der Waals surface area contributed by atoms with E-state index in [1.54, 1.807) is 24.3 Å². The topological polar surface area (TPSA) is 0 Å². The standard InChI is InChI=1S/C14H10Cl3F/c1-8-6-10(18)3-5-11(8)14(17)12-4-2-9(15)7-13(12)16/h2-7,14H,1H3. The molecule has 2 aromatic rings. The van der Waals surface area contributed by atoms with Crippen LogP contribution in [0.1, 0.15) is 22.1 Å². The van der Waals surface area contributed by atoms with Gasteiger partial charge < -0.3 is 0 Å². The number of alkyl halides is 1. The molecule has 0 saturated heterocycles. The second kappa shape index (κ2) is 5.48. The summed E-state index contributed by atoms with van der Waals surface area (Å²) in [6.45, 7) is 1.82. The molecule has 0 aromatic heterocycles. The third kappa shape index (κ3) is 2.80. The number of benzene rings is 2. The third-order valence-electron chi connectivity index (χ3n) is 2.74. The van der Waals surface area contributed by atoms with Gasteiger partial charge in [-0.1, -0.05) is 35.3 Å². The molecular weight excluding hydrogens is 294 g/mol. The van der Waals surface area contributed by atoms with Crippen LogP contribution < -0.4 is 0 Å². The normalized spacial score (nSPS) is 12.5. The molecule has 0 bridgehead atoms. The van der Waals surface area contributed by atoms with E-state index in [1.165, 1.54) is 12.1 Å². The van der Waals surface area contributed by atoms with Crippen LogP contribution in [0.15, 0.2) is 36.4 Å². The van der Waals surface area contributed by atoms with Crippen molar-refractivity contribution in [2.45, 2.75) is 12.3 Å². The zero-order valence-corrected chi connectivity index (χ0v) is 11.8. The highest BCUT2D eigenvalue weighted by Crippen LogP contribution is 2.36. The van der Waals surface area contributed by atoms with E-state index >= 15 is 0 Å². The molecule has 0 saturated carbocycles. The first-order valence-electron chi connectivity index (χ1n) is 5.34. The van der Waals surface area contributed by atoms with Crippen LogP contribution in [-0.2, 0) is 0 Å². The van der Waals surface area contributed by atoms with Gasteiger partial charge in [-0.2, -0.15) is 0 Å². The Labute approximate surface area is 120 Å². The maximum absolute atomic E-state index is 13.1. The molecule has 0 radical (unpaired) electrons. The fraction of sp³-hybridized carbons (Fsp3) is 0.143. The molecule has 94 valence electrons. The van der Waals surface area contributed by atoms with Crippen molar-refractivity contribution in [2.24, 2.45) is 0 Å². The van der Waals surface area contributed by atoms with E-state index in [0.29, 0.717) is 10.0 Å². The van der Waals surface area contributed by atoms with Crippen LogP contribution in [0.3, 0.4) is 0 Å². The van der Waals surface area contributed by atoms with Crippen molar-refractivity contribution in [3.05, 3.63) is 69.0 Å². The number of aryl methyl sites for hydroxylation is 1. The summed E-state index contributed by atoms with van der Waals surface area (Å²) in [6.07, 6.45) is 0. The Morgan fingerprint density at radius 1 is 1.00 bits per heavy atom. The molecule has 0 fully saturated rings. The van der Waals surface area contributed by atoms with Crippen molar-refractivity contribution in [3.8, 4) is 0 Å². The molecule has 0 spiro atoms. The van der Waals surface area contributed by atoms with Gasteiger partial charge >= 0.3 is 0 Å². The Kier molecular flexibility index (Phi) is 4.16. The average molecular weight is 304 g/mol. The fourth-order valence-electron chi connectivity index (χ4n) is 1.80. The smallest absolute Gasteiger partial charge is 0.123 e. The van der Waals surface area contributed by atoms with E-state index in [1.807, 2.05) is 6.92 Å². The van der Waals surface area contributed by atoms with Gasteiger partial charge in [0, 0.05) is 10.0 Å². The van der Waals surface area contributed by atoms with Crippen molar-refractivity contribution < 1.29 is 4.39 Å². The van der Waals surface area contributed by atoms with Gasteiger partial charge in [0.05, 0.1) is 5.38 Å². The highest BCUT2D eigenvalue weighted by Gasteiger charge is 2.16. The second-order valence-corrected chi connectivity index (χ2v) is 5.31. The molecule has 0 N–H and O–H groups in total. The van der Waals surface area contributed by atoms with Crippen molar-refractivity contribution in [1.29, 1.82) is 0 Å².